The number of amides is 1. The Balaban J connectivity index is 2.76. The maximum atomic E-state index is 11.5. The minimum atomic E-state index is -1.29. The van der Waals surface area contributed by atoms with Crippen LogP contribution in [0.3, 0.4) is 0 Å². The van der Waals surface area contributed by atoms with Crippen molar-refractivity contribution in [3.8, 4) is 0 Å². The van der Waals surface area contributed by atoms with Gasteiger partial charge in [-0.25, -0.2) is 4.79 Å². The van der Waals surface area contributed by atoms with Gasteiger partial charge in [-0.2, -0.15) is 0 Å². The molecule has 1 aromatic heterocycles. The van der Waals surface area contributed by atoms with E-state index < -0.39 is 17.4 Å². The van der Waals surface area contributed by atoms with Crippen LogP contribution in [0.5, 0.6) is 0 Å². The van der Waals surface area contributed by atoms with E-state index in [1.54, 1.807) is 13.0 Å². The van der Waals surface area contributed by atoms with Crippen LogP contribution >= 0.6 is 0 Å². The van der Waals surface area contributed by atoms with E-state index in [0.29, 0.717) is 11.3 Å². The maximum Gasteiger partial charge on any atom is 0.328 e. The zero-order chi connectivity index (χ0) is 11.6. The molecule has 82 valence electrons. The van der Waals surface area contributed by atoms with Crippen LogP contribution < -0.4 is 5.32 Å². The molecule has 0 saturated carbocycles. The van der Waals surface area contributed by atoms with Crippen molar-refractivity contribution in [2.75, 3.05) is 0 Å². The lowest BCUT2D eigenvalue weighted by molar-refractivity contribution is -0.143. The zero-order valence-corrected chi connectivity index (χ0v) is 8.83. The fourth-order valence-electron chi connectivity index (χ4n) is 0.972. The van der Waals surface area contributed by atoms with Crippen molar-refractivity contribution in [3.05, 3.63) is 23.7 Å². The minimum Gasteiger partial charge on any atom is -0.480 e. The first-order valence-corrected chi connectivity index (χ1v) is 4.44. The first-order chi connectivity index (χ1) is 6.83. The van der Waals surface area contributed by atoms with Gasteiger partial charge in [0, 0.05) is 0 Å². The van der Waals surface area contributed by atoms with Gasteiger partial charge in [0.05, 0.1) is 5.56 Å². The highest BCUT2D eigenvalue weighted by molar-refractivity contribution is 5.97. The number of aliphatic carboxylic acids is 1. The number of rotatable bonds is 3. The second kappa shape index (κ2) is 3.76. The van der Waals surface area contributed by atoms with Crippen LogP contribution in [0, 0.1) is 6.92 Å². The smallest absolute Gasteiger partial charge is 0.328 e. The van der Waals surface area contributed by atoms with Crippen molar-refractivity contribution in [2.45, 2.75) is 26.3 Å². The van der Waals surface area contributed by atoms with E-state index in [-0.39, 0.29) is 0 Å². The molecule has 0 aromatic carbocycles. The van der Waals surface area contributed by atoms with Crippen molar-refractivity contribution >= 4 is 11.9 Å². The van der Waals surface area contributed by atoms with Crippen LogP contribution in [0.1, 0.15) is 30.0 Å². The number of aryl methyl sites for hydroxylation is 1. The van der Waals surface area contributed by atoms with Gasteiger partial charge in [-0.05, 0) is 26.8 Å². The van der Waals surface area contributed by atoms with Crippen molar-refractivity contribution in [1.82, 2.24) is 5.32 Å². The van der Waals surface area contributed by atoms with E-state index in [0.717, 1.165) is 0 Å². The summed E-state index contributed by atoms with van der Waals surface area (Å²) in [6.07, 6.45) is 1.29. The Morgan fingerprint density at radius 2 is 2.07 bits per heavy atom. The SMILES string of the molecule is Cc1cc(C(=O)NC(C)(C)C(=O)O)co1. The van der Waals surface area contributed by atoms with Gasteiger partial charge in [0.15, 0.2) is 0 Å². The van der Waals surface area contributed by atoms with E-state index in [2.05, 4.69) is 5.32 Å². The molecular formula is C10H13NO4. The Morgan fingerprint density at radius 3 is 2.47 bits per heavy atom. The molecule has 0 aliphatic heterocycles. The number of carbonyl (C=O) groups is 2. The molecule has 1 rings (SSSR count). The van der Waals surface area contributed by atoms with Crippen LogP contribution in [0.25, 0.3) is 0 Å². The van der Waals surface area contributed by atoms with Crippen LogP contribution in [0.15, 0.2) is 16.7 Å². The van der Waals surface area contributed by atoms with Crippen LogP contribution in [0.2, 0.25) is 0 Å². The molecule has 0 aliphatic rings. The number of carboxylic acids is 1. The summed E-state index contributed by atoms with van der Waals surface area (Å²) in [6, 6.07) is 1.55. The summed E-state index contributed by atoms with van der Waals surface area (Å²) < 4.78 is 4.95. The lowest BCUT2D eigenvalue weighted by atomic mass is 10.1. The van der Waals surface area contributed by atoms with E-state index in [1.165, 1.54) is 20.1 Å². The summed E-state index contributed by atoms with van der Waals surface area (Å²) in [7, 11) is 0. The molecule has 5 heteroatoms. The van der Waals surface area contributed by atoms with E-state index in [9.17, 15) is 9.59 Å². The Morgan fingerprint density at radius 1 is 1.47 bits per heavy atom. The van der Waals surface area contributed by atoms with Crippen LogP contribution in [-0.2, 0) is 4.79 Å². The molecule has 0 unspecified atom stereocenters. The summed E-state index contributed by atoms with van der Waals surface area (Å²) in [4.78, 5) is 22.3. The first kappa shape index (κ1) is 11.3. The molecule has 0 bridgehead atoms. The molecule has 2 N–H and O–H groups in total. The summed E-state index contributed by atoms with van der Waals surface area (Å²) in [5, 5.41) is 11.2. The lowest BCUT2D eigenvalue weighted by Gasteiger charge is -2.20. The molecule has 1 aromatic rings. The predicted octanol–water partition coefficient (Wildman–Crippen LogP) is 1.18. The highest BCUT2D eigenvalue weighted by Crippen LogP contribution is 2.09. The summed E-state index contributed by atoms with van der Waals surface area (Å²) >= 11 is 0. The summed E-state index contributed by atoms with van der Waals surface area (Å²) in [5.41, 5.74) is -0.968. The minimum absolute atomic E-state index is 0.321. The maximum absolute atomic E-state index is 11.5. The second-order valence-corrected chi connectivity index (χ2v) is 3.83. The van der Waals surface area contributed by atoms with E-state index in [1.807, 2.05) is 0 Å². The van der Waals surface area contributed by atoms with Gasteiger partial charge in [-0.1, -0.05) is 0 Å². The van der Waals surface area contributed by atoms with Gasteiger partial charge in [0.1, 0.15) is 17.6 Å². The van der Waals surface area contributed by atoms with Crippen LogP contribution in [0.4, 0.5) is 0 Å². The van der Waals surface area contributed by atoms with Gasteiger partial charge in [-0.15, -0.1) is 0 Å². The number of hydrogen-bond acceptors (Lipinski definition) is 3. The Hall–Kier alpha value is -1.78. The molecule has 0 atom stereocenters. The quantitative estimate of drug-likeness (QED) is 0.786. The Kier molecular flexibility index (Phi) is 2.83. The molecule has 0 aliphatic carbocycles. The Bertz CT molecular complexity index is 392. The van der Waals surface area contributed by atoms with Crippen LogP contribution in [-0.4, -0.2) is 22.5 Å². The standard InChI is InChI=1S/C10H13NO4/c1-6-4-7(5-15-6)8(12)11-10(2,3)9(13)14/h4-5H,1-3H3,(H,11,12)(H,13,14). The fraction of sp³-hybridized carbons (Fsp3) is 0.400. The average molecular weight is 211 g/mol. The molecule has 1 heterocycles. The van der Waals surface area contributed by atoms with Crippen molar-refractivity contribution in [2.24, 2.45) is 0 Å². The number of carbonyl (C=O) groups excluding carboxylic acids is 1. The molecule has 0 spiro atoms. The zero-order valence-electron chi connectivity index (χ0n) is 8.83. The first-order valence-electron chi connectivity index (χ1n) is 4.44. The van der Waals surface area contributed by atoms with Gasteiger partial charge in [0.25, 0.3) is 5.91 Å². The molecule has 0 radical (unpaired) electrons. The van der Waals surface area contributed by atoms with E-state index in [4.69, 9.17) is 9.52 Å². The molecule has 5 nitrogen and oxygen atoms in total. The number of furan rings is 1. The topological polar surface area (TPSA) is 79.5 Å². The highest BCUT2D eigenvalue weighted by atomic mass is 16.4. The molecular weight excluding hydrogens is 198 g/mol. The lowest BCUT2D eigenvalue weighted by Crippen LogP contribution is -2.49. The molecule has 0 fully saturated rings. The highest BCUT2D eigenvalue weighted by Gasteiger charge is 2.29. The molecule has 1 amide bonds. The van der Waals surface area contributed by atoms with Crippen molar-refractivity contribution in [1.29, 1.82) is 0 Å². The normalized spacial score (nSPS) is 11.1. The van der Waals surface area contributed by atoms with E-state index >= 15 is 0 Å². The number of nitrogens with one attached hydrogen (secondary N) is 1. The third-order valence-corrected chi connectivity index (χ3v) is 1.95. The van der Waals surface area contributed by atoms with Gasteiger partial charge >= 0.3 is 5.97 Å². The Labute approximate surface area is 87.1 Å². The summed E-state index contributed by atoms with van der Waals surface area (Å²) in [5.74, 6) is -0.941. The second-order valence-electron chi connectivity index (χ2n) is 3.83. The van der Waals surface area contributed by atoms with Crippen molar-refractivity contribution < 1.29 is 19.1 Å². The van der Waals surface area contributed by atoms with Gasteiger partial charge in [-0.3, -0.25) is 4.79 Å². The largest absolute Gasteiger partial charge is 0.480 e. The molecule has 15 heavy (non-hydrogen) atoms. The van der Waals surface area contributed by atoms with Gasteiger partial charge in [0.2, 0.25) is 0 Å². The number of hydrogen-bond donors (Lipinski definition) is 2. The number of carboxylic acid groups (broad SMARTS) is 1. The van der Waals surface area contributed by atoms with Crippen molar-refractivity contribution in [3.63, 3.8) is 0 Å². The third kappa shape index (κ3) is 2.59. The van der Waals surface area contributed by atoms with Gasteiger partial charge < -0.3 is 14.8 Å². The third-order valence-electron chi connectivity index (χ3n) is 1.95. The monoisotopic (exact) mass is 211 g/mol. The molecule has 0 saturated heterocycles. The fourth-order valence-corrected chi connectivity index (χ4v) is 0.972. The predicted molar refractivity (Wildman–Crippen MR) is 52.6 cm³/mol. The average Bonchev–Trinajstić information content (AvgIpc) is 2.50. The summed E-state index contributed by atoms with van der Waals surface area (Å²) in [6.45, 7) is 4.54.